The fourth-order valence-electron chi connectivity index (χ4n) is 11.6. The van der Waals surface area contributed by atoms with Gasteiger partial charge in [-0.2, -0.15) is 0 Å². The van der Waals surface area contributed by atoms with E-state index < -0.39 is 97.5 Å². The van der Waals surface area contributed by atoms with Crippen LogP contribution in [0.15, 0.2) is 0 Å². The van der Waals surface area contributed by atoms with E-state index in [0.29, 0.717) is 31.6 Å². The highest BCUT2D eigenvalue weighted by Crippen LogP contribution is 2.45. The van der Waals surface area contributed by atoms with Crippen LogP contribution in [-0.4, -0.2) is 96.7 Å². The molecular formula is C76H148O17P2. The summed E-state index contributed by atoms with van der Waals surface area (Å²) in [5.74, 6) is 0.916. The van der Waals surface area contributed by atoms with E-state index in [1.165, 1.54) is 180 Å². The van der Waals surface area contributed by atoms with Crippen molar-refractivity contribution in [2.24, 2.45) is 23.7 Å². The highest BCUT2D eigenvalue weighted by atomic mass is 31.2. The molecule has 0 aromatic heterocycles. The van der Waals surface area contributed by atoms with Crippen molar-refractivity contribution in [2.45, 2.75) is 401 Å². The number of aliphatic hydroxyl groups excluding tert-OH is 1. The molecule has 0 aliphatic heterocycles. The number of ether oxygens (including phenoxy) is 4. The molecule has 3 unspecified atom stereocenters. The van der Waals surface area contributed by atoms with Crippen molar-refractivity contribution in [3.05, 3.63) is 0 Å². The zero-order valence-corrected chi connectivity index (χ0v) is 64.1. The fourth-order valence-corrected chi connectivity index (χ4v) is 13.1. The van der Waals surface area contributed by atoms with E-state index in [2.05, 4.69) is 55.4 Å². The lowest BCUT2D eigenvalue weighted by Gasteiger charge is -2.21. The average molecular weight is 1400 g/mol. The summed E-state index contributed by atoms with van der Waals surface area (Å²) in [7, 11) is -9.91. The van der Waals surface area contributed by atoms with Gasteiger partial charge in [-0.1, -0.05) is 331 Å². The number of unbranched alkanes of at least 4 members (excludes halogenated alkanes) is 39. The van der Waals surface area contributed by atoms with Gasteiger partial charge in [0.05, 0.1) is 26.4 Å². The molecule has 0 fully saturated rings. The van der Waals surface area contributed by atoms with Gasteiger partial charge in [-0.25, -0.2) is 9.13 Å². The van der Waals surface area contributed by atoms with Crippen molar-refractivity contribution < 1.29 is 80.2 Å². The standard InChI is InChI=1S/C76H148O17P2/c1-66(2)52-44-36-28-21-15-11-9-13-17-25-33-42-50-58-75(80)92-71(62-86-73(78)56-48-40-32-24-20-19-23-30-38-46-54-68(5)6)64-90-94(82,83)88-60-70(77)61-89-95(84,85)91-65-72(63-87-74(79)57-49-41-35-27-31-39-47-55-69(7)8)93-76(81)59-51-43-34-26-18-14-10-12-16-22-29-37-45-53-67(3)4/h66-72,77H,9-65H2,1-8H3,(H,82,83)(H,84,85)/t70?,71-,72-/m1/s1. The molecule has 0 saturated heterocycles. The van der Waals surface area contributed by atoms with Gasteiger partial charge >= 0.3 is 39.5 Å². The molecule has 3 N–H and O–H groups in total. The lowest BCUT2D eigenvalue weighted by molar-refractivity contribution is -0.161. The van der Waals surface area contributed by atoms with Crippen molar-refractivity contribution >= 4 is 39.5 Å². The number of carbonyl (C=O) groups is 4. The normalized spacial score (nSPS) is 14.1. The lowest BCUT2D eigenvalue weighted by Crippen LogP contribution is -2.30. The van der Waals surface area contributed by atoms with E-state index >= 15 is 0 Å². The molecule has 564 valence electrons. The Morgan fingerprint density at radius 2 is 0.442 bits per heavy atom. The number of carbonyl (C=O) groups excluding carboxylic acids is 4. The quantitative estimate of drug-likeness (QED) is 0.0222. The first-order chi connectivity index (χ1) is 45.6. The van der Waals surface area contributed by atoms with Crippen LogP contribution in [0.3, 0.4) is 0 Å². The van der Waals surface area contributed by atoms with Crippen LogP contribution < -0.4 is 0 Å². The first-order valence-corrected chi connectivity index (χ1v) is 42.2. The van der Waals surface area contributed by atoms with Gasteiger partial charge in [0.1, 0.15) is 19.3 Å². The second-order valence-electron chi connectivity index (χ2n) is 29.3. The fraction of sp³-hybridized carbons (Fsp3) is 0.947. The molecule has 0 radical (unpaired) electrons. The summed E-state index contributed by atoms with van der Waals surface area (Å²) in [4.78, 5) is 72.8. The predicted octanol–water partition coefficient (Wildman–Crippen LogP) is 22.0. The molecule has 0 saturated carbocycles. The Kier molecular flexibility index (Phi) is 64.0. The topological polar surface area (TPSA) is 237 Å². The molecular weight excluding hydrogens is 1250 g/mol. The molecule has 0 aliphatic rings. The van der Waals surface area contributed by atoms with Crippen molar-refractivity contribution in [2.75, 3.05) is 39.6 Å². The van der Waals surface area contributed by atoms with Gasteiger partial charge in [0.15, 0.2) is 12.2 Å². The van der Waals surface area contributed by atoms with E-state index in [1.54, 1.807) is 0 Å². The van der Waals surface area contributed by atoms with E-state index in [9.17, 15) is 43.2 Å². The van der Waals surface area contributed by atoms with E-state index in [0.717, 1.165) is 114 Å². The number of phosphoric ester groups is 2. The predicted molar refractivity (Wildman–Crippen MR) is 386 cm³/mol. The van der Waals surface area contributed by atoms with Crippen LogP contribution in [0.2, 0.25) is 0 Å². The van der Waals surface area contributed by atoms with Crippen molar-refractivity contribution in [1.82, 2.24) is 0 Å². The molecule has 0 aromatic carbocycles. The molecule has 0 bridgehead atoms. The summed E-state index contributed by atoms with van der Waals surface area (Å²) in [6, 6.07) is 0. The molecule has 0 rings (SSSR count). The van der Waals surface area contributed by atoms with Gasteiger partial charge in [-0.05, 0) is 49.4 Å². The lowest BCUT2D eigenvalue weighted by atomic mass is 10.0. The molecule has 17 nitrogen and oxygen atoms in total. The number of hydrogen-bond donors (Lipinski definition) is 3. The number of aliphatic hydroxyl groups is 1. The highest BCUT2D eigenvalue weighted by molar-refractivity contribution is 7.47. The third kappa shape index (κ3) is 70.3. The number of esters is 4. The zero-order chi connectivity index (χ0) is 70.3. The first-order valence-electron chi connectivity index (χ1n) is 39.2. The van der Waals surface area contributed by atoms with Crippen LogP contribution >= 0.6 is 15.6 Å². The Bertz CT molecular complexity index is 1870. The number of phosphoric acid groups is 2. The van der Waals surface area contributed by atoms with Gasteiger partial charge in [0, 0.05) is 25.7 Å². The summed E-state index contributed by atoms with van der Waals surface area (Å²) < 4.78 is 68.5. The molecule has 0 heterocycles. The van der Waals surface area contributed by atoms with Gasteiger partial charge in [0.25, 0.3) is 0 Å². The molecule has 0 aliphatic carbocycles. The minimum Gasteiger partial charge on any atom is -0.462 e. The summed E-state index contributed by atoms with van der Waals surface area (Å²) >= 11 is 0. The first kappa shape index (κ1) is 93.1. The maximum atomic E-state index is 13.1. The molecule has 0 aromatic rings. The number of rotatable bonds is 73. The van der Waals surface area contributed by atoms with E-state index in [4.69, 9.17) is 37.0 Å². The third-order valence-corrected chi connectivity index (χ3v) is 19.5. The Balaban J connectivity index is 5.25. The maximum Gasteiger partial charge on any atom is 0.472 e. The highest BCUT2D eigenvalue weighted by Gasteiger charge is 2.30. The maximum absolute atomic E-state index is 13.1. The van der Waals surface area contributed by atoms with Crippen molar-refractivity contribution in [3.63, 3.8) is 0 Å². The van der Waals surface area contributed by atoms with E-state index in [-0.39, 0.29) is 25.7 Å². The second-order valence-corrected chi connectivity index (χ2v) is 32.2. The Morgan fingerprint density at radius 3 is 0.653 bits per heavy atom. The Labute approximate surface area is 581 Å². The monoisotopic (exact) mass is 1400 g/mol. The molecule has 0 amide bonds. The minimum atomic E-state index is -4.96. The summed E-state index contributed by atoms with van der Waals surface area (Å²) in [6.07, 6.45) is 50.0. The molecule has 5 atom stereocenters. The molecule has 95 heavy (non-hydrogen) atoms. The smallest absolute Gasteiger partial charge is 0.462 e. The van der Waals surface area contributed by atoms with Crippen LogP contribution in [0, 0.1) is 23.7 Å². The summed E-state index contributed by atoms with van der Waals surface area (Å²) in [5.41, 5.74) is 0. The SMILES string of the molecule is CC(C)CCCCCCCCCCCCCCCC(=O)O[C@H](COC(=O)CCCCCCCCCCCCC(C)C)COP(=O)(O)OCC(O)COP(=O)(O)OC[C@@H](COC(=O)CCCCCCCCCC(C)C)OC(=O)CCCCCCCCCCCCCCCC(C)C. The Morgan fingerprint density at radius 1 is 0.263 bits per heavy atom. The zero-order valence-electron chi connectivity index (χ0n) is 62.3. The minimum absolute atomic E-state index is 0.106. The summed E-state index contributed by atoms with van der Waals surface area (Å²) in [6.45, 7) is 14.2. The van der Waals surface area contributed by atoms with Gasteiger partial charge in [-0.15, -0.1) is 0 Å². The van der Waals surface area contributed by atoms with Gasteiger partial charge in [0.2, 0.25) is 0 Å². The van der Waals surface area contributed by atoms with E-state index in [1.807, 2.05) is 0 Å². The van der Waals surface area contributed by atoms with Crippen LogP contribution in [0.1, 0.15) is 383 Å². The largest absolute Gasteiger partial charge is 0.472 e. The molecule has 0 spiro atoms. The van der Waals surface area contributed by atoms with Crippen molar-refractivity contribution in [1.29, 1.82) is 0 Å². The average Bonchev–Trinajstić information content (AvgIpc) is 2.98. The van der Waals surface area contributed by atoms with Gasteiger partial charge in [-0.3, -0.25) is 37.3 Å². The summed E-state index contributed by atoms with van der Waals surface area (Å²) in [5, 5.41) is 10.6. The van der Waals surface area contributed by atoms with Crippen LogP contribution in [0.25, 0.3) is 0 Å². The number of hydrogen-bond acceptors (Lipinski definition) is 15. The molecule has 19 heteroatoms. The van der Waals surface area contributed by atoms with Crippen LogP contribution in [0.4, 0.5) is 0 Å². The second kappa shape index (κ2) is 65.4. The van der Waals surface area contributed by atoms with Crippen LogP contribution in [-0.2, 0) is 65.4 Å². The Hall–Kier alpha value is -1.94. The van der Waals surface area contributed by atoms with Crippen LogP contribution in [0.5, 0.6) is 0 Å². The van der Waals surface area contributed by atoms with Gasteiger partial charge < -0.3 is 33.8 Å². The van der Waals surface area contributed by atoms with Crippen molar-refractivity contribution in [3.8, 4) is 0 Å². The third-order valence-electron chi connectivity index (χ3n) is 17.6.